The van der Waals surface area contributed by atoms with E-state index in [4.69, 9.17) is 4.74 Å². The van der Waals surface area contributed by atoms with Gasteiger partial charge in [-0.25, -0.2) is 0 Å². The molecule has 21 heavy (non-hydrogen) atoms. The number of carbonyl (C=O) groups excluding carboxylic acids is 2. The number of Topliss-reactive ketones (excluding diaryl/α,β-unsaturated/α-hetero) is 1. The Hall–Kier alpha value is -2.62. The molecule has 4 heteroatoms. The van der Waals surface area contributed by atoms with Gasteiger partial charge >= 0.3 is 0 Å². The predicted molar refractivity (Wildman–Crippen MR) is 79.7 cm³/mol. The van der Waals surface area contributed by atoms with Gasteiger partial charge in [-0.2, -0.15) is 0 Å². The second-order valence-corrected chi connectivity index (χ2v) is 5.04. The van der Waals surface area contributed by atoms with Crippen molar-refractivity contribution in [3.05, 3.63) is 59.2 Å². The molecular weight excluding hydrogens is 266 g/mol. The van der Waals surface area contributed by atoms with E-state index in [0.29, 0.717) is 12.1 Å². The first-order valence-electron chi connectivity index (χ1n) is 6.70. The Morgan fingerprint density at radius 1 is 1.05 bits per heavy atom. The molecule has 4 nitrogen and oxygen atoms in total. The number of methoxy groups -OCH3 is 1. The molecule has 0 N–H and O–H groups in total. The van der Waals surface area contributed by atoms with Gasteiger partial charge in [0.05, 0.1) is 24.9 Å². The van der Waals surface area contributed by atoms with E-state index in [1.165, 1.54) is 0 Å². The lowest BCUT2D eigenvalue weighted by Crippen LogP contribution is -2.29. The molecule has 2 aromatic rings. The standard InChI is InChI=1S/C17H15NO3/c1-11-4-3-5-14-15(11)18(17(20)16(14)19)10-12-6-8-13(21-2)9-7-12/h3-9H,10H2,1-2H3. The number of hydrogen-bond donors (Lipinski definition) is 0. The average molecular weight is 281 g/mol. The average Bonchev–Trinajstić information content (AvgIpc) is 2.74. The number of nitrogens with zero attached hydrogens (tertiary/aromatic N) is 1. The van der Waals surface area contributed by atoms with Crippen LogP contribution < -0.4 is 9.64 Å². The summed E-state index contributed by atoms with van der Waals surface area (Å²) in [6.07, 6.45) is 0. The minimum absolute atomic E-state index is 0.381. The van der Waals surface area contributed by atoms with Crippen molar-refractivity contribution in [1.29, 1.82) is 0 Å². The van der Waals surface area contributed by atoms with E-state index < -0.39 is 11.7 Å². The van der Waals surface area contributed by atoms with E-state index in [0.717, 1.165) is 22.6 Å². The number of hydrogen-bond acceptors (Lipinski definition) is 3. The number of amides is 1. The second kappa shape index (κ2) is 5.05. The summed E-state index contributed by atoms with van der Waals surface area (Å²) in [5.74, 6) is -0.128. The lowest BCUT2D eigenvalue weighted by atomic mass is 10.1. The fourth-order valence-corrected chi connectivity index (χ4v) is 2.60. The molecule has 2 aromatic carbocycles. The molecule has 1 aliphatic heterocycles. The van der Waals surface area contributed by atoms with Crippen LogP contribution >= 0.6 is 0 Å². The number of aryl methyl sites for hydroxylation is 1. The van der Waals surface area contributed by atoms with Crippen LogP contribution in [-0.2, 0) is 11.3 Å². The SMILES string of the molecule is COc1ccc(CN2C(=O)C(=O)c3cccc(C)c32)cc1. The highest BCUT2D eigenvalue weighted by molar-refractivity contribution is 6.52. The van der Waals surface area contributed by atoms with Gasteiger partial charge in [-0.15, -0.1) is 0 Å². The van der Waals surface area contributed by atoms with Crippen molar-refractivity contribution >= 4 is 17.4 Å². The van der Waals surface area contributed by atoms with Crippen molar-refractivity contribution < 1.29 is 14.3 Å². The first kappa shape index (κ1) is 13.4. The quantitative estimate of drug-likeness (QED) is 0.813. The first-order valence-corrected chi connectivity index (χ1v) is 6.70. The lowest BCUT2D eigenvalue weighted by Gasteiger charge is -2.18. The van der Waals surface area contributed by atoms with Crippen molar-refractivity contribution in [3.8, 4) is 5.75 Å². The van der Waals surface area contributed by atoms with Crippen LogP contribution in [0.5, 0.6) is 5.75 Å². The maximum atomic E-state index is 12.2. The van der Waals surface area contributed by atoms with Crippen molar-refractivity contribution in [3.63, 3.8) is 0 Å². The second-order valence-electron chi connectivity index (χ2n) is 5.04. The van der Waals surface area contributed by atoms with Gasteiger partial charge in [0.1, 0.15) is 5.75 Å². The fourth-order valence-electron chi connectivity index (χ4n) is 2.60. The predicted octanol–water partition coefficient (Wildman–Crippen LogP) is 2.73. The summed E-state index contributed by atoms with van der Waals surface area (Å²) in [5, 5.41) is 0. The highest BCUT2D eigenvalue weighted by Gasteiger charge is 2.36. The van der Waals surface area contributed by atoms with Crippen LogP contribution in [0.1, 0.15) is 21.5 Å². The van der Waals surface area contributed by atoms with Crippen molar-refractivity contribution in [2.24, 2.45) is 0 Å². The third-order valence-corrected chi connectivity index (χ3v) is 3.69. The van der Waals surface area contributed by atoms with Gasteiger partial charge in [0.15, 0.2) is 0 Å². The van der Waals surface area contributed by atoms with Gasteiger partial charge in [0, 0.05) is 0 Å². The van der Waals surface area contributed by atoms with Gasteiger partial charge in [0.2, 0.25) is 0 Å². The molecule has 1 amide bonds. The first-order chi connectivity index (χ1) is 10.1. The van der Waals surface area contributed by atoms with Crippen LogP contribution in [0.4, 0.5) is 5.69 Å². The molecule has 0 radical (unpaired) electrons. The van der Waals surface area contributed by atoms with E-state index in [1.807, 2.05) is 37.3 Å². The molecule has 0 unspecified atom stereocenters. The summed E-state index contributed by atoms with van der Waals surface area (Å²) < 4.78 is 5.12. The normalized spacial score (nSPS) is 13.5. The summed E-state index contributed by atoms with van der Waals surface area (Å²) in [6, 6.07) is 12.9. The summed E-state index contributed by atoms with van der Waals surface area (Å²) in [4.78, 5) is 25.8. The fraction of sp³-hybridized carbons (Fsp3) is 0.176. The molecule has 0 atom stereocenters. The largest absolute Gasteiger partial charge is 0.497 e. The number of carbonyl (C=O) groups is 2. The number of ether oxygens (including phenoxy) is 1. The molecule has 0 saturated carbocycles. The zero-order chi connectivity index (χ0) is 15.0. The monoisotopic (exact) mass is 281 g/mol. The number of rotatable bonds is 3. The molecule has 0 saturated heterocycles. The number of fused-ring (bicyclic) bond motifs is 1. The van der Waals surface area contributed by atoms with Gasteiger partial charge < -0.3 is 9.64 Å². The Morgan fingerprint density at radius 3 is 2.43 bits per heavy atom. The Labute approximate surface area is 123 Å². The van der Waals surface area contributed by atoms with Crippen LogP contribution in [0.25, 0.3) is 0 Å². The van der Waals surface area contributed by atoms with Crippen LogP contribution in [0.3, 0.4) is 0 Å². The maximum Gasteiger partial charge on any atom is 0.299 e. The topological polar surface area (TPSA) is 46.6 Å². The zero-order valence-electron chi connectivity index (χ0n) is 11.9. The van der Waals surface area contributed by atoms with Gasteiger partial charge in [-0.05, 0) is 36.2 Å². The van der Waals surface area contributed by atoms with Crippen LogP contribution in [0.2, 0.25) is 0 Å². The summed E-state index contributed by atoms with van der Waals surface area (Å²) in [6.45, 7) is 2.29. The van der Waals surface area contributed by atoms with Crippen LogP contribution in [0, 0.1) is 6.92 Å². The number of para-hydroxylation sites is 1. The Morgan fingerprint density at radius 2 is 1.76 bits per heavy atom. The Bertz CT molecular complexity index is 719. The van der Waals surface area contributed by atoms with Gasteiger partial charge in [-0.1, -0.05) is 24.3 Å². The van der Waals surface area contributed by atoms with E-state index in [9.17, 15) is 9.59 Å². The summed E-state index contributed by atoms with van der Waals surface area (Å²) in [7, 11) is 1.61. The number of benzene rings is 2. The third kappa shape index (κ3) is 2.18. The van der Waals surface area contributed by atoms with Crippen LogP contribution in [0.15, 0.2) is 42.5 Å². The molecule has 1 heterocycles. The molecule has 1 aliphatic rings. The minimum Gasteiger partial charge on any atom is -0.497 e. The minimum atomic E-state index is -0.463. The maximum absolute atomic E-state index is 12.2. The van der Waals surface area contributed by atoms with E-state index in [-0.39, 0.29) is 0 Å². The molecule has 0 aromatic heterocycles. The lowest BCUT2D eigenvalue weighted by molar-refractivity contribution is -0.114. The smallest absolute Gasteiger partial charge is 0.299 e. The zero-order valence-corrected chi connectivity index (χ0v) is 11.9. The Kier molecular flexibility index (Phi) is 3.22. The summed E-state index contributed by atoms with van der Waals surface area (Å²) in [5.41, 5.74) is 3.10. The Balaban J connectivity index is 1.96. The van der Waals surface area contributed by atoms with Crippen molar-refractivity contribution in [2.75, 3.05) is 12.0 Å². The number of anilines is 1. The molecule has 0 spiro atoms. The van der Waals surface area contributed by atoms with Crippen LogP contribution in [-0.4, -0.2) is 18.8 Å². The molecule has 0 bridgehead atoms. The van der Waals surface area contributed by atoms with Crippen molar-refractivity contribution in [1.82, 2.24) is 0 Å². The van der Waals surface area contributed by atoms with E-state index >= 15 is 0 Å². The molecule has 0 aliphatic carbocycles. The van der Waals surface area contributed by atoms with E-state index in [1.54, 1.807) is 24.1 Å². The molecular formula is C17H15NO3. The van der Waals surface area contributed by atoms with Crippen molar-refractivity contribution in [2.45, 2.75) is 13.5 Å². The van der Waals surface area contributed by atoms with Gasteiger partial charge in [0.25, 0.3) is 11.7 Å². The molecule has 3 rings (SSSR count). The molecule has 0 fully saturated rings. The summed E-state index contributed by atoms with van der Waals surface area (Å²) >= 11 is 0. The highest BCUT2D eigenvalue weighted by Crippen LogP contribution is 2.33. The molecule has 106 valence electrons. The van der Waals surface area contributed by atoms with Gasteiger partial charge in [-0.3, -0.25) is 9.59 Å². The van der Waals surface area contributed by atoms with E-state index in [2.05, 4.69) is 0 Å². The third-order valence-electron chi connectivity index (χ3n) is 3.69. The number of ketones is 1. The highest BCUT2D eigenvalue weighted by atomic mass is 16.5.